The minimum absolute atomic E-state index is 0.0287. The molecule has 0 atom stereocenters. The van der Waals surface area contributed by atoms with Crippen LogP contribution in [0, 0.1) is 0 Å². The molecule has 0 saturated heterocycles. The third-order valence-corrected chi connectivity index (χ3v) is 13.6. The first-order valence-electron chi connectivity index (χ1n) is 52.1. The second-order valence-electron chi connectivity index (χ2n) is 20.3. The number of benzene rings is 7. The van der Waals surface area contributed by atoms with Crippen molar-refractivity contribution in [3.8, 4) is 39.8 Å². The van der Waals surface area contributed by atoms with Gasteiger partial charge >= 0.3 is 0 Å². The Morgan fingerprint density at radius 1 is 0.210 bits per heavy atom. The number of pyridine rings is 7. The summed E-state index contributed by atoms with van der Waals surface area (Å²) in [4.78, 5) is 84.6. The van der Waals surface area contributed by atoms with Gasteiger partial charge < -0.3 is 0 Å². The van der Waals surface area contributed by atoms with Crippen LogP contribution in [-0.2, 0) is 44.6 Å². The zero-order valence-electron chi connectivity index (χ0n) is 99.2. The topological polar surface area (TPSA) is 154 Å². The standard InChI is InChI=1S/7C13H13NO/c7*1-2-11-8-9-13(15)14(10-11)12-6-4-3-5-7-12/h7*3-10H,2H2,1H3/i2D2,3D,4D,5D,6D,7D,9D,10D;2D2,3D,4D,5D,6D,7D,8D,9D;2D2,3D,4D,5D,6D,7D,10D;2D2,8D,9D,10D;2D2,8D,10D;2D2,8D,9D;2D2,10D. The van der Waals surface area contributed by atoms with E-state index in [9.17, 15) is 33.6 Å². The van der Waals surface area contributed by atoms with Crippen molar-refractivity contribution >= 4 is 0 Å². The molecule has 0 fully saturated rings. The van der Waals surface area contributed by atoms with Crippen molar-refractivity contribution in [3.05, 3.63) is 451 Å². The van der Waals surface area contributed by atoms with Gasteiger partial charge in [0.25, 0.3) is 38.9 Å². The van der Waals surface area contributed by atoms with Crippen molar-refractivity contribution in [2.75, 3.05) is 0 Å². The van der Waals surface area contributed by atoms with Crippen molar-refractivity contribution in [2.24, 2.45) is 0 Å². The molecule has 0 spiro atoms. The van der Waals surface area contributed by atoms with Gasteiger partial charge in [0.2, 0.25) is 0 Å². The summed E-state index contributed by atoms with van der Waals surface area (Å²) in [5.41, 5.74) is -5.51. The molecule has 0 amide bonds. The molecule has 14 rings (SSSR count). The van der Waals surface area contributed by atoms with E-state index in [0.717, 1.165) is 53.4 Å². The van der Waals surface area contributed by atoms with Crippen LogP contribution >= 0.6 is 0 Å². The molecule has 0 N–H and O–H groups in total. The molecule has 0 radical (unpaired) electrons. The summed E-state index contributed by atoms with van der Waals surface area (Å²) >= 11 is 0. The minimum Gasteiger partial charge on any atom is -0.284 e. The Hall–Kier alpha value is -12.8. The summed E-state index contributed by atoms with van der Waals surface area (Å²) in [6.07, 6.45) is -13.1. The van der Waals surface area contributed by atoms with Crippen LogP contribution in [0.5, 0.6) is 0 Å². The second-order valence-corrected chi connectivity index (χ2v) is 20.3. The first-order chi connectivity index (χ1) is 67.6. The smallest absolute Gasteiger partial charge is 0.255 e. The van der Waals surface area contributed by atoms with Gasteiger partial charge in [0.05, 0.1) is 38.4 Å². The lowest BCUT2D eigenvalue weighted by Crippen LogP contribution is -2.16. The second kappa shape index (κ2) is 41.2. The normalized spacial score (nSPS) is 16.9. The Balaban J connectivity index is 0.000000210. The van der Waals surface area contributed by atoms with Gasteiger partial charge in [-0.15, -0.1) is 0 Å². The van der Waals surface area contributed by atoms with Crippen LogP contribution in [0.4, 0.5) is 0 Å². The lowest BCUT2D eigenvalue weighted by atomic mass is 10.2. The monoisotopic (exact) mass is 1440 g/mol. The highest BCUT2D eigenvalue weighted by Crippen LogP contribution is 2.13. The predicted octanol–water partition coefficient (Wildman–Crippen LogP) is 16.8. The summed E-state index contributed by atoms with van der Waals surface area (Å²) in [5.74, 6) is 0. The Labute approximate surface area is 672 Å². The zero-order valence-corrected chi connectivity index (χ0v) is 57.2. The Bertz CT molecular complexity index is 7750. The van der Waals surface area contributed by atoms with E-state index in [4.69, 9.17) is 57.6 Å². The molecular weight excluding hydrogens is 1300 g/mol. The molecule has 7 aromatic carbocycles. The quantitative estimate of drug-likeness (QED) is 0.105. The molecule has 14 aromatic rings. The highest BCUT2D eigenvalue weighted by Gasteiger charge is 2.06. The molecule has 0 unspecified atom stereocenters. The van der Waals surface area contributed by atoms with Crippen molar-refractivity contribution in [2.45, 2.75) is 93.1 Å². The molecule has 14 nitrogen and oxygen atoms in total. The van der Waals surface area contributed by atoms with Crippen molar-refractivity contribution < 1.29 is 57.6 Å². The van der Waals surface area contributed by atoms with Gasteiger partial charge in [-0.2, -0.15) is 0 Å². The third kappa shape index (κ3) is 23.4. The summed E-state index contributed by atoms with van der Waals surface area (Å²) in [5, 5.41) is 0. The molecule has 0 bridgehead atoms. The van der Waals surface area contributed by atoms with Crippen LogP contribution in [0.25, 0.3) is 39.8 Å². The number of nitrogens with zero attached hydrogens (tertiary/aromatic N) is 7. The van der Waals surface area contributed by atoms with Gasteiger partial charge in [0.1, 0.15) is 0 Å². The van der Waals surface area contributed by atoms with E-state index in [-0.39, 0.29) is 68.9 Å². The summed E-state index contributed by atoms with van der Waals surface area (Å²) in [6, 6.07) is 27.1. The van der Waals surface area contributed by atoms with Crippen LogP contribution in [-0.4, -0.2) is 32.0 Å². The van der Waals surface area contributed by atoms with E-state index in [0.29, 0.717) is 36.5 Å². The van der Waals surface area contributed by atoms with E-state index in [1.807, 2.05) is 6.07 Å². The van der Waals surface area contributed by atoms with Crippen LogP contribution < -0.4 is 38.9 Å². The van der Waals surface area contributed by atoms with E-state index in [1.165, 1.54) is 62.1 Å². The SMILES string of the molecule is [2H]c1c(C([2H])([2H])C)c([2H])n(-c2ccccc2)c(=O)c1[2H].[2H]c1c(C([2H])([2H])C)ccc(=O)n1-c1ccccc1.[2H]c1c(C([2H])([2H])C)cn(-c2ccccc2)c(=O)c1[2H].[2H]c1c([2H])c([2H])c(-n2c([2H])c(C([2H])([2H])C)cc([2H])c2=O)c([2H])c1[2H].[2H]c1c([2H])c([2H])c(-n2c([2H])c(C([2H])([2H])C)ccc2=O)c([2H])c1[2H].[2H]c1c([2H])c([2H])c(-n2cc(C([2H])([2H])C)c([2H])c([2H])c2=O)c([2H])c1[2H].[2H]c1cc(=O)n(-c2ccccc2)c([2H])c1C([2H])([2H])C. The Kier molecular flexibility index (Phi) is 15.1. The van der Waals surface area contributed by atoms with Crippen molar-refractivity contribution in [1.82, 2.24) is 32.0 Å². The lowest BCUT2D eigenvalue weighted by Gasteiger charge is -2.06. The van der Waals surface area contributed by atoms with Gasteiger partial charge in [-0.05, 0) is 168 Å². The van der Waals surface area contributed by atoms with Crippen LogP contribution in [0.3, 0.4) is 0 Å². The molecule has 105 heavy (non-hydrogen) atoms. The van der Waals surface area contributed by atoms with E-state index in [2.05, 4.69) is 0 Å². The van der Waals surface area contributed by atoms with Gasteiger partial charge in [0.15, 0.2) is 0 Å². The number of hydrogen-bond acceptors (Lipinski definition) is 7. The van der Waals surface area contributed by atoms with E-state index < -0.39 is 240 Å². The minimum atomic E-state index is -2.06. The number of hydrogen-bond donors (Lipinski definition) is 0. The molecule has 0 aliphatic heterocycles. The average molecular weight is 1440 g/mol. The largest absolute Gasteiger partial charge is 0.284 e. The van der Waals surface area contributed by atoms with Crippen LogP contribution in [0.15, 0.2) is 374 Å². The molecule has 7 aromatic heterocycles. The Morgan fingerprint density at radius 2 is 0.457 bits per heavy atom. The Morgan fingerprint density at radius 3 is 0.819 bits per heavy atom. The van der Waals surface area contributed by atoms with Crippen molar-refractivity contribution in [1.29, 1.82) is 0 Å². The number of aryl methyl sites for hydroxylation is 5. The fourth-order valence-electron chi connectivity index (χ4n) is 8.40. The van der Waals surface area contributed by atoms with Gasteiger partial charge in [-0.3, -0.25) is 65.5 Å². The first kappa shape index (κ1) is 38.5. The van der Waals surface area contributed by atoms with Gasteiger partial charge in [-0.25, -0.2) is 0 Å². The maximum absolute atomic E-state index is 12.3. The molecule has 0 aliphatic rings. The number of rotatable bonds is 14. The summed E-state index contributed by atoms with van der Waals surface area (Å²) in [7, 11) is 0. The number of aromatic nitrogens is 7. The molecule has 0 saturated carbocycles. The average Bonchev–Trinajstić information content (AvgIpc) is 0.758. The molecule has 7 heterocycles. The van der Waals surface area contributed by atoms with Crippen molar-refractivity contribution in [3.63, 3.8) is 0 Å². The maximum Gasteiger partial charge on any atom is 0.255 e. The van der Waals surface area contributed by atoms with Crippen LogP contribution in [0.2, 0.25) is 0 Å². The zero-order chi connectivity index (χ0) is 112. The fourth-order valence-corrected chi connectivity index (χ4v) is 8.40. The number of para-hydroxylation sites is 7. The highest BCUT2D eigenvalue weighted by molar-refractivity contribution is 5.39. The molecule has 14 heteroatoms. The van der Waals surface area contributed by atoms with Gasteiger partial charge in [-0.1, -0.05) is 218 Å². The molecular formula is C91H91N7O7. The van der Waals surface area contributed by atoms with E-state index >= 15 is 0 Å². The van der Waals surface area contributed by atoms with E-state index in [1.54, 1.807) is 115 Å². The van der Waals surface area contributed by atoms with Crippen LogP contribution in [0.1, 0.15) is 145 Å². The fraction of sp³-hybridized carbons (Fsp3) is 0.154. The summed E-state index contributed by atoms with van der Waals surface area (Å²) < 4.78 is 332. The predicted molar refractivity (Wildman–Crippen MR) is 430 cm³/mol. The molecule has 532 valence electrons. The lowest BCUT2D eigenvalue weighted by molar-refractivity contribution is 0.953. The third-order valence-electron chi connectivity index (χ3n) is 13.6. The highest BCUT2D eigenvalue weighted by atomic mass is 16.2. The molecule has 0 aliphatic carbocycles. The summed E-state index contributed by atoms with van der Waals surface area (Å²) in [6.45, 7) is 8.64. The first-order valence-corrected chi connectivity index (χ1v) is 31.1. The maximum atomic E-state index is 12.3. The van der Waals surface area contributed by atoms with Gasteiger partial charge in [0, 0.05) is 145 Å².